The van der Waals surface area contributed by atoms with Crippen molar-refractivity contribution in [3.05, 3.63) is 63.4 Å². The number of pyridine rings is 1. The maximum absolute atomic E-state index is 10.2. The maximum atomic E-state index is 10.2. The molecule has 0 radical (unpaired) electrons. The Bertz CT molecular complexity index is 557. The number of hydrogen-bond donors (Lipinski definition) is 1. The fourth-order valence-electron chi connectivity index (χ4n) is 1.75. The van der Waals surface area contributed by atoms with E-state index in [9.17, 15) is 5.11 Å². The molecule has 0 saturated heterocycles. The van der Waals surface area contributed by atoms with Gasteiger partial charge < -0.3 is 5.11 Å². The number of aliphatic hydroxyl groups is 1. The van der Waals surface area contributed by atoms with E-state index in [1.165, 1.54) is 0 Å². The zero-order valence-corrected chi connectivity index (χ0v) is 11.4. The van der Waals surface area contributed by atoms with Crippen molar-refractivity contribution in [1.82, 2.24) is 4.98 Å². The number of aliphatic hydroxyl groups excluding tert-OH is 1. The highest BCUT2D eigenvalue weighted by atomic mass is 35.5. The molecule has 0 aliphatic heterocycles. The predicted molar refractivity (Wildman–Crippen MR) is 74.1 cm³/mol. The highest BCUT2D eigenvalue weighted by Gasteiger charge is 2.12. The fourth-order valence-corrected chi connectivity index (χ4v) is 2.06. The predicted octanol–water partition coefficient (Wildman–Crippen LogP) is 3.97. The van der Waals surface area contributed by atoms with Gasteiger partial charge in [0, 0.05) is 18.3 Å². The molecule has 18 heavy (non-hydrogen) atoms. The normalized spacial score (nSPS) is 12.4. The topological polar surface area (TPSA) is 33.1 Å². The number of halogens is 2. The molecule has 0 bridgehead atoms. The van der Waals surface area contributed by atoms with E-state index in [-0.39, 0.29) is 0 Å². The molecule has 0 fully saturated rings. The van der Waals surface area contributed by atoms with Crippen molar-refractivity contribution >= 4 is 23.2 Å². The highest BCUT2D eigenvalue weighted by molar-refractivity contribution is 6.42. The minimum absolute atomic E-state index is 0.450. The van der Waals surface area contributed by atoms with Crippen LogP contribution in [0.5, 0.6) is 0 Å². The van der Waals surface area contributed by atoms with Crippen LogP contribution in [0.25, 0.3) is 0 Å². The molecule has 4 heteroatoms. The van der Waals surface area contributed by atoms with Crippen LogP contribution in [0.3, 0.4) is 0 Å². The van der Waals surface area contributed by atoms with E-state index in [1.54, 1.807) is 24.4 Å². The Labute approximate surface area is 116 Å². The Kier molecular flexibility index (Phi) is 4.23. The second-order valence-electron chi connectivity index (χ2n) is 4.16. The van der Waals surface area contributed by atoms with Gasteiger partial charge in [-0.15, -0.1) is 0 Å². The van der Waals surface area contributed by atoms with Gasteiger partial charge in [-0.3, -0.25) is 4.98 Å². The third kappa shape index (κ3) is 3.02. The average Bonchev–Trinajstić information content (AvgIpc) is 2.35. The van der Waals surface area contributed by atoms with Crippen molar-refractivity contribution in [3.63, 3.8) is 0 Å². The van der Waals surface area contributed by atoms with Crippen molar-refractivity contribution < 1.29 is 5.11 Å². The molecule has 1 N–H and O–H groups in total. The Balaban J connectivity index is 2.19. The first-order valence-corrected chi connectivity index (χ1v) is 6.37. The smallest absolute Gasteiger partial charge is 0.0846 e. The van der Waals surface area contributed by atoms with Crippen LogP contribution in [0.2, 0.25) is 10.0 Å². The molecule has 94 valence electrons. The van der Waals surface area contributed by atoms with Gasteiger partial charge >= 0.3 is 0 Å². The molecular weight excluding hydrogens is 269 g/mol. The summed E-state index contributed by atoms with van der Waals surface area (Å²) in [6.07, 6.45) is 1.56. The maximum Gasteiger partial charge on any atom is 0.0846 e. The Hall–Kier alpha value is -1.09. The van der Waals surface area contributed by atoms with Crippen LogP contribution in [0.1, 0.15) is 22.9 Å². The Morgan fingerprint density at radius 1 is 1.22 bits per heavy atom. The average molecular weight is 282 g/mol. The minimum atomic E-state index is -0.631. The Morgan fingerprint density at radius 3 is 2.67 bits per heavy atom. The summed E-state index contributed by atoms with van der Waals surface area (Å²) < 4.78 is 0. The minimum Gasteiger partial charge on any atom is -0.388 e. The van der Waals surface area contributed by atoms with Gasteiger partial charge in [0.25, 0.3) is 0 Å². The van der Waals surface area contributed by atoms with Crippen LogP contribution in [0, 0.1) is 6.92 Å². The van der Waals surface area contributed by atoms with Crippen LogP contribution in [0.4, 0.5) is 0 Å². The summed E-state index contributed by atoms with van der Waals surface area (Å²) >= 11 is 11.8. The van der Waals surface area contributed by atoms with Gasteiger partial charge in [-0.05, 0) is 36.2 Å². The molecule has 0 saturated carbocycles. The van der Waals surface area contributed by atoms with E-state index in [4.69, 9.17) is 23.2 Å². The first-order valence-electron chi connectivity index (χ1n) is 5.61. The highest BCUT2D eigenvalue weighted by Crippen LogP contribution is 2.27. The van der Waals surface area contributed by atoms with E-state index in [0.29, 0.717) is 16.5 Å². The van der Waals surface area contributed by atoms with Gasteiger partial charge in [-0.1, -0.05) is 35.3 Å². The van der Waals surface area contributed by atoms with Gasteiger partial charge in [0.05, 0.1) is 16.1 Å². The third-order valence-corrected chi connectivity index (χ3v) is 3.57. The molecule has 0 amide bonds. The number of hydrogen-bond acceptors (Lipinski definition) is 2. The van der Waals surface area contributed by atoms with Crippen molar-refractivity contribution in [1.29, 1.82) is 0 Å². The van der Waals surface area contributed by atoms with Crippen molar-refractivity contribution in [2.45, 2.75) is 19.4 Å². The van der Waals surface area contributed by atoms with E-state index in [0.717, 1.165) is 16.8 Å². The molecule has 0 spiro atoms. The van der Waals surface area contributed by atoms with E-state index >= 15 is 0 Å². The van der Waals surface area contributed by atoms with Crippen LogP contribution >= 0.6 is 23.2 Å². The van der Waals surface area contributed by atoms with Gasteiger partial charge in [-0.2, -0.15) is 0 Å². The zero-order valence-electron chi connectivity index (χ0n) is 9.90. The summed E-state index contributed by atoms with van der Waals surface area (Å²) in [4.78, 5) is 4.26. The molecule has 2 nitrogen and oxygen atoms in total. The summed E-state index contributed by atoms with van der Waals surface area (Å²) in [6.45, 7) is 1.98. The van der Waals surface area contributed by atoms with E-state index in [2.05, 4.69) is 4.98 Å². The van der Waals surface area contributed by atoms with Crippen molar-refractivity contribution in [2.24, 2.45) is 0 Å². The molecule has 2 aromatic rings. The van der Waals surface area contributed by atoms with E-state index in [1.807, 2.05) is 19.1 Å². The van der Waals surface area contributed by atoms with E-state index < -0.39 is 6.10 Å². The number of aryl methyl sites for hydroxylation is 1. The Morgan fingerprint density at radius 2 is 2.00 bits per heavy atom. The van der Waals surface area contributed by atoms with Gasteiger partial charge in [-0.25, -0.2) is 0 Å². The molecule has 0 aliphatic rings. The van der Waals surface area contributed by atoms with Crippen LogP contribution < -0.4 is 0 Å². The molecular formula is C14H13Cl2NO. The van der Waals surface area contributed by atoms with Gasteiger partial charge in [0.15, 0.2) is 0 Å². The standard InChI is InChI=1S/C14H13Cl2NO/c1-9-3-2-6-17-13(9)8-14(18)10-4-5-11(15)12(16)7-10/h2-7,14,18H,8H2,1H3. The lowest BCUT2D eigenvalue weighted by molar-refractivity contribution is 0.177. The van der Waals surface area contributed by atoms with Crippen LogP contribution in [-0.4, -0.2) is 10.1 Å². The number of benzene rings is 1. The second-order valence-corrected chi connectivity index (χ2v) is 4.97. The number of rotatable bonds is 3. The molecule has 0 aliphatic carbocycles. The molecule has 2 rings (SSSR count). The number of aromatic nitrogens is 1. The molecule has 1 atom stereocenters. The third-order valence-electron chi connectivity index (χ3n) is 2.83. The van der Waals surface area contributed by atoms with Crippen molar-refractivity contribution in [3.8, 4) is 0 Å². The first kappa shape index (κ1) is 13.3. The molecule has 1 aromatic carbocycles. The van der Waals surface area contributed by atoms with Crippen LogP contribution in [0.15, 0.2) is 36.5 Å². The summed E-state index contributed by atoms with van der Waals surface area (Å²) in [5, 5.41) is 11.1. The zero-order chi connectivity index (χ0) is 13.1. The summed E-state index contributed by atoms with van der Waals surface area (Å²) in [7, 11) is 0. The summed E-state index contributed by atoms with van der Waals surface area (Å²) in [6, 6.07) is 9.01. The van der Waals surface area contributed by atoms with Crippen molar-refractivity contribution in [2.75, 3.05) is 0 Å². The van der Waals surface area contributed by atoms with Gasteiger partial charge in [0.2, 0.25) is 0 Å². The monoisotopic (exact) mass is 281 g/mol. The van der Waals surface area contributed by atoms with Gasteiger partial charge in [0.1, 0.15) is 0 Å². The number of nitrogens with zero attached hydrogens (tertiary/aromatic N) is 1. The SMILES string of the molecule is Cc1cccnc1CC(O)c1ccc(Cl)c(Cl)c1. The summed E-state index contributed by atoms with van der Waals surface area (Å²) in [5.74, 6) is 0. The van der Waals surface area contributed by atoms with Crippen LogP contribution in [-0.2, 0) is 6.42 Å². The lowest BCUT2D eigenvalue weighted by atomic mass is 10.0. The second kappa shape index (κ2) is 5.70. The summed E-state index contributed by atoms with van der Waals surface area (Å²) in [5.41, 5.74) is 2.70. The molecule has 1 aromatic heterocycles. The molecule has 1 heterocycles. The lowest BCUT2D eigenvalue weighted by Gasteiger charge is -2.12. The fraction of sp³-hybridized carbons (Fsp3) is 0.214. The largest absolute Gasteiger partial charge is 0.388 e. The molecule has 1 unspecified atom stereocenters. The lowest BCUT2D eigenvalue weighted by Crippen LogP contribution is -2.04. The quantitative estimate of drug-likeness (QED) is 0.923. The first-order chi connectivity index (χ1) is 8.58.